The van der Waals surface area contributed by atoms with Gasteiger partial charge in [0.2, 0.25) is 0 Å². The molecule has 1 aromatic rings. The van der Waals surface area contributed by atoms with Crippen LogP contribution in [0.4, 0.5) is 5.82 Å². The van der Waals surface area contributed by atoms with Gasteiger partial charge in [-0.15, -0.1) is 0 Å². The second kappa shape index (κ2) is 2.11. The fourth-order valence-electron chi connectivity index (χ4n) is 0.695. The highest BCUT2D eigenvalue weighted by atomic mass is 14.9. The van der Waals surface area contributed by atoms with Gasteiger partial charge < -0.3 is 16.5 Å². The molecule has 3 heteroatoms. The molecular formula is C6H11N3. The van der Waals surface area contributed by atoms with E-state index in [1.54, 1.807) is 6.07 Å². The first-order chi connectivity index (χ1) is 4.20. The molecule has 0 aliphatic heterocycles. The van der Waals surface area contributed by atoms with Crippen LogP contribution in [0.1, 0.15) is 18.7 Å². The summed E-state index contributed by atoms with van der Waals surface area (Å²) in [7, 11) is 0. The highest BCUT2D eigenvalue weighted by Crippen LogP contribution is 2.08. The molecule has 3 nitrogen and oxygen atoms in total. The molecule has 0 amide bonds. The van der Waals surface area contributed by atoms with Crippen molar-refractivity contribution < 1.29 is 0 Å². The maximum Gasteiger partial charge on any atom is 0.100 e. The van der Waals surface area contributed by atoms with Gasteiger partial charge in [0, 0.05) is 11.7 Å². The lowest BCUT2D eigenvalue weighted by atomic mass is 10.3. The summed E-state index contributed by atoms with van der Waals surface area (Å²) in [5.74, 6) is 0.669. The van der Waals surface area contributed by atoms with Crippen LogP contribution in [0.3, 0.4) is 0 Å². The van der Waals surface area contributed by atoms with E-state index in [1.165, 1.54) is 0 Å². The molecule has 50 valence electrons. The summed E-state index contributed by atoms with van der Waals surface area (Å²) < 4.78 is 0. The number of H-pyrrole nitrogens is 1. The normalized spacial score (nSPS) is 13.6. The molecule has 0 aliphatic carbocycles. The van der Waals surface area contributed by atoms with Gasteiger partial charge in [-0.05, 0) is 19.1 Å². The van der Waals surface area contributed by atoms with E-state index in [9.17, 15) is 0 Å². The number of hydrogen-bond donors (Lipinski definition) is 3. The van der Waals surface area contributed by atoms with Crippen LogP contribution in [-0.2, 0) is 0 Å². The summed E-state index contributed by atoms with van der Waals surface area (Å²) in [5.41, 5.74) is 11.9. The van der Waals surface area contributed by atoms with Crippen molar-refractivity contribution in [3.05, 3.63) is 17.8 Å². The number of anilines is 1. The van der Waals surface area contributed by atoms with Crippen molar-refractivity contribution in [3.8, 4) is 0 Å². The third-order valence-electron chi connectivity index (χ3n) is 1.22. The van der Waals surface area contributed by atoms with Gasteiger partial charge in [0.05, 0.1) is 0 Å². The minimum Gasteiger partial charge on any atom is -0.385 e. The van der Waals surface area contributed by atoms with Gasteiger partial charge in [-0.2, -0.15) is 0 Å². The summed E-state index contributed by atoms with van der Waals surface area (Å²) in [6.07, 6.45) is 0. The van der Waals surface area contributed by atoms with E-state index >= 15 is 0 Å². The second-order valence-corrected chi connectivity index (χ2v) is 2.16. The summed E-state index contributed by atoms with van der Waals surface area (Å²) >= 11 is 0. The Labute approximate surface area is 54.1 Å². The third kappa shape index (κ3) is 1.23. The molecule has 9 heavy (non-hydrogen) atoms. The van der Waals surface area contributed by atoms with Crippen molar-refractivity contribution in [2.45, 2.75) is 13.0 Å². The van der Waals surface area contributed by atoms with Crippen LogP contribution in [0.2, 0.25) is 0 Å². The molecular weight excluding hydrogens is 114 g/mol. The summed E-state index contributed by atoms with van der Waals surface area (Å²) in [6, 6.07) is 3.74. The fourth-order valence-corrected chi connectivity index (χ4v) is 0.695. The van der Waals surface area contributed by atoms with Gasteiger partial charge in [0.15, 0.2) is 0 Å². The van der Waals surface area contributed by atoms with Gasteiger partial charge >= 0.3 is 0 Å². The van der Waals surface area contributed by atoms with Gasteiger partial charge in [-0.3, -0.25) is 0 Å². The quantitative estimate of drug-likeness (QED) is 0.515. The number of nitrogens with two attached hydrogens (primary N) is 2. The number of rotatable bonds is 1. The fraction of sp³-hybridized carbons (Fsp3) is 0.333. The molecule has 0 saturated carbocycles. The Kier molecular flexibility index (Phi) is 1.44. The monoisotopic (exact) mass is 125 g/mol. The molecule has 0 bridgehead atoms. The van der Waals surface area contributed by atoms with Crippen molar-refractivity contribution in [1.29, 1.82) is 0 Å². The molecule has 0 aromatic carbocycles. The standard InChI is InChI=1S/C6H11N3/c1-4(7)5-2-3-6(8)9-5/h2-4,9H,7-8H2,1H3/t4-/m0/s1. The molecule has 0 fully saturated rings. The predicted molar refractivity (Wildman–Crippen MR) is 37.8 cm³/mol. The zero-order valence-electron chi connectivity index (χ0n) is 5.39. The SMILES string of the molecule is C[C@H](N)c1ccc(N)[nH]1. The summed E-state index contributed by atoms with van der Waals surface area (Å²) in [4.78, 5) is 2.93. The van der Waals surface area contributed by atoms with E-state index in [0.29, 0.717) is 5.82 Å². The topological polar surface area (TPSA) is 67.8 Å². The number of aromatic nitrogens is 1. The minimum absolute atomic E-state index is 0.0438. The first kappa shape index (κ1) is 6.16. The van der Waals surface area contributed by atoms with Gasteiger partial charge in [0.1, 0.15) is 5.82 Å². The molecule has 1 heterocycles. The molecule has 1 aromatic heterocycles. The molecule has 0 radical (unpaired) electrons. The zero-order valence-corrected chi connectivity index (χ0v) is 5.39. The molecule has 0 unspecified atom stereocenters. The van der Waals surface area contributed by atoms with Gasteiger partial charge in [-0.1, -0.05) is 0 Å². The van der Waals surface area contributed by atoms with E-state index in [0.717, 1.165) is 5.69 Å². The lowest BCUT2D eigenvalue weighted by Crippen LogP contribution is -2.05. The Morgan fingerprint density at radius 3 is 2.44 bits per heavy atom. The first-order valence-electron chi connectivity index (χ1n) is 2.90. The molecule has 0 aliphatic rings. The second-order valence-electron chi connectivity index (χ2n) is 2.16. The third-order valence-corrected chi connectivity index (χ3v) is 1.22. The lowest BCUT2D eigenvalue weighted by Gasteiger charge is -1.98. The van der Waals surface area contributed by atoms with Gasteiger partial charge in [0.25, 0.3) is 0 Å². The van der Waals surface area contributed by atoms with E-state index in [2.05, 4.69) is 4.98 Å². The largest absolute Gasteiger partial charge is 0.385 e. The van der Waals surface area contributed by atoms with E-state index < -0.39 is 0 Å². The van der Waals surface area contributed by atoms with Crippen molar-refractivity contribution in [2.24, 2.45) is 5.73 Å². The smallest absolute Gasteiger partial charge is 0.100 e. The van der Waals surface area contributed by atoms with Gasteiger partial charge in [-0.25, -0.2) is 0 Å². The number of hydrogen-bond acceptors (Lipinski definition) is 2. The highest BCUT2D eigenvalue weighted by Gasteiger charge is 1.98. The molecule has 5 N–H and O–H groups in total. The molecule has 1 rings (SSSR count). The van der Waals surface area contributed by atoms with Crippen molar-refractivity contribution in [2.75, 3.05) is 5.73 Å². The Morgan fingerprint density at radius 1 is 1.56 bits per heavy atom. The molecule has 0 spiro atoms. The predicted octanol–water partition coefficient (Wildman–Crippen LogP) is 0.617. The maximum absolute atomic E-state index is 5.54. The number of nitrogen functional groups attached to an aromatic ring is 1. The number of nitrogens with one attached hydrogen (secondary N) is 1. The van der Waals surface area contributed by atoms with Crippen LogP contribution in [0, 0.1) is 0 Å². The first-order valence-corrected chi connectivity index (χ1v) is 2.90. The van der Waals surface area contributed by atoms with Crippen LogP contribution < -0.4 is 11.5 Å². The Bertz CT molecular complexity index is 190. The van der Waals surface area contributed by atoms with E-state index in [-0.39, 0.29) is 6.04 Å². The average Bonchev–Trinajstić information content (AvgIpc) is 2.14. The van der Waals surface area contributed by atoms with Crippen molar-refractivity contribution in [3.63, 3.8) is 0 Å². The zero-order chi connectivity index (χ0) is 6.85. The summed E-state index contributed by atoms with van der Waals surface area (Å²) in [5, 5.41) is 0. The van der Waals surface area contributed by atoms with Crippen LogP contribution in [0.25, 0.3) is 0 Å². The Balaban J connectivity index is 2.85. The van der Waals surface area contributed by atoms with E-state index in [1.807, 2.05) is 13.0 Å². The molecule has 1 atom stereocenters. The Hall–Kier alpha value is -0.960. The van der Waals surface area contributed by atoms with Crippen LogP contribution >= 0.6 is 0 Å². The Morgan fingerprint density at radius 2 is 2.22 bits per heavy atom. The average molecular weight is 125 g/mol. The van der Waals surface area contributed by atoms with Crippen LogP contribution in [0.5, 0.6) is 0 Å². The summed E-state index contributed by atoms with van der Waals surface area (Å²) in [6.45, 7) is 1.91. The maximum atomic E-state index is 5.54. The van der Waals surface area contributed by atoms with Crippen molar-refractivity contribution in [1.82, 2.24) is 4.98 Å². The van der Waals surface area contributed by atoms with Crippen LogP contribution in [-0.4, -0.2) is 4.98 Å². The number of aromatic amines is 1. The highest BCUT2D eigenvalue weighted by molar-refractivity contribution is 5.31. The minimum atomic E-state index is 0.0438. The van der Waals surface area contributed by atoms with E-state index in [4.69, 9.17) is 11.5 Å². The lowest BCUT2D eigenvalue weighted by molar-refractivity contribution is 0.790. The van der Waals surface area contributed by atoms with Crippen LogP contribution in [0.15, 0.2) is 12.1 Å². The molecule has 0 saturated heterocycles. The van der Waals surface area contributed by atoms with Crippen molar-refractivity contribution >= 4 is 5.82 Å².